The van der Waals surface area contributed by atoms with Crippen LogP contribution < -0.4 is 0 Å². The van der Waals surface area contributed by atoms with Gasteiger partial charge in [0.2, 0.25) is 0 Å². The van der Waals surface area contributed by atoms with E-state index in [2.05, 4.69) is 19.9 Å². The zero-order valence-corrected chi connectivity index (χ0v) is 17.4. The van der Waals surface area contributed by atoms with Crippen LogP contribution in [0.15, 0.2) is 52.2 Å². The van der Waals surface area contributed by atoms with Crippen LogP contribution in [0.5, 0.6) is 0 Å². The molecule has 1 saturated heterocycles. The summed E-state index contributed by atoms with van der Waals surface area (Å²) in [5.74, 6) is 2.46. The van der Waals surface area contributed by atoms with Crippen LogP contribution >= 0.6 is 0 Å². The van der Waals surface area contributed by atoms with E-state index in [1.165, 1.54) is 12.5 Å². The van der Waals surface area contributed by atoms with Crippen LogP contribution in [0.2, 0.25) is 0 Å². The van der Waals surface area contributed by atoms with E-state index in [1.54, 1.807) is 12.4 Å². The minimum absolute atomic E-state index is 0.0766. The molecular formula is C21H24N4O3S. The largest absolute Gasteiger partial charge is 0.465 e. The molecule has 0 N–H and O–H groups in total. The molecule has 1 aliphatic rings. The SMILES string of the molecule is Cc1ccc(CN2CCC(c3nc(-c4cccnc4)ncc3S(C)(=O)=O)CC2)o1. The molecule has 3 aromatic rings. The molecular weight excluding hydrogens is 388 g/mol. The van der Waals surface area contributed by atoms with Crippen LogP contribution in [-0.2, 0) is 16.4 Å². The van der Waals surface area contributed by atoms with E-state index in [9.17, 15) is 8.42 Å². The number of sulfone groups is 1. The predicted molar refractivity (Wildman–Crippen MR) is 109 cm³/mol. The fourth-order valence-corrected chi connectivity index (χ4v) is 4.59. The van der Waals surface area contributed by atoms with Gasteiger partial charge in [-0.1, -0.05) is 0 Å². The Labute approximate surface area is 170 Å². The fraction of sp³-hybridized carbons (Fsp3) is 0.381. The van der Waals surface area contributed by atoms with Crippen LogP contribution in [0.25, 0.3) is 11.4 Å². The van der Waals surface area contributed by atoms with E-state index in [0.29, 0.717) is 11.5 Å². The number of nitrogens with zero attached hydrogens (tertiary/aromatic N) is 4. The van der Waals surface area contributed by atoms with Crippen molar-refractivity contribution >= 4 is 9.84 Å². The van der Waals surface area contributed by atoms with E-state index in [4.69, 9.17) is 4.42 Å². The molecule has 0 saturated carbocycles. The van der Waals surface area contributed by atoms with Crippen molar-refractivity contribution in [2.24, 2.45) is 0 Å². The molecule has 4 rings (SSSR count). The zero-order chi connectivity index (χ0) is 20.4. The van der Waals surface area contributed by atoms with Crippen molar-refractivity contribution in [3.05, 3.63) is 60.1 Å². The second-order valence-electron chi connectivity index (χ2n) is 7.52. The van der Waals surface area contributed by atoms with Crippen molar-refractivity contribution in [3.63, 3.8) is 0 Å². The van der Waals surface area contributed by atoms with Gasteiger partial charge >= 0.3 is 0 Å². The smallest absolute Gasteiger partial charge is 0.178 e. The lowest BCUT2D eigenvalue weighted by Gasteiger charge is -2.31. The minimum Gasteiger partial charge on any atom is -0.465 e. The molecule has 4 heterocycles. The number of furan rings is 1. The van der Waals surface area contributed by atoms with Crippen LogP contribution in [0.3, 0.4) is 0 Å². The quantitative estimate of drug-likeness (QED) is 0.635. The number of likely N-dealkylation sites (tertiary alicyclic amines) is 1. The van der Waals surface area contributed by atoms with Gasteiger partial charge in [0.1, 0.15) is 16.4 Å². The van der Waals surface area contributed by atoms with Crippen LogP contribution in [-0.4, -0.2) is 47.6 Å². The summed E-state index contributed by atoms with van der Waals surface area (Å²) in [5, 5.41) is 0. The van der Waals surface area contributed by atoms with E-state index >= 15 is 0 Å². The maximum Gasteiger partial charge on any atom is 0.178 e. The number of hydrogen-bond acceptors (Lipinski definition) is 7. The van der Waals surface area contributed by atoms with Crippen molar-refractivity contribution in [1.82, 2.24) is 19.9 Å². The van der Waals surface area contributed by atoms with Gasteiger partial charge in [0.05, 0.1) is 12.2 Å². The molecule has 29 heavy (non-hydrogen) atoms. The Morgan fingerprint density at radius 3 is 2.59 bits per heavy atom. The summed E-state index contributed by atoms with van der Waals surface area (Å²) >= 11 is 0. The molecule has 152 valence electrons. The molecule has 0 spiro atoms. The van der Waals surface area contributed by atoms with Gasteiger partial charge in [-0.25, -0.2) is 18.4 Å². The Morgan fingerprint density at radius 2 is 1.97 bits per heavy atom. The summed E-state index contributed by atoms with van der Waals surface area (Å²) < 4.78 is 30.4. The maximum atomic E-state index is 12.3. The third-order valence-corrected chi connectivity index (χ3v) is 6.37. The lowest BCUT2D eigenvalue weighted by molar-refractivity contribution is 0.188. The Balaban J connectivity index is 1.57. The second kappa shape index (κ2) is 8.04. The summed E-state index contributed by atoms with van der Waals surface area (Å²) in [6, 6.07) is 7.67. The first kappa shape index (κ1) is 19.7. The van der Waals surface area contributed by atoms with Crippen molar-refractivity contribution in [2.45, 2.75) is 37.1 Å². The topological polar surface area (TPSA) is 89.2 Å². The molecule has 1 aliphatic heterocycles. The number of pyridine rings is 1. The predicted octanol–water partition coefficient (Wildman–Crippen LogP) is 3.22. The molecule has 0 aromatic carbocycles. The summed E-state index contributed by atoms with van der Waals surface area (Å²) in [7, 11) is -3.41. The molecule has 0 radical (unpaired) electrons. The van der Waals surface area contributed by atoms with Crippen molar-refractivity contribution in [3.8, 4) is 11.4 Å². The lowest BCUT2D eigenvalue weighted by Crippen LogP contribution is -2.33. The fourth-order valence-electron chi connectivity index (χ4n) is 3.75. The number of piperidine rings is 1. The first-order valence-corrected chi connectivity index (χ1v) is 11.5. The van der Waals surface area contributed by atoms with Crippen molar-refractivity contribution < 1.29 is 12.8 Å². The third-order valence-electron chi connectivity index (χ3n) is 5.25. The molecule has 7 nitrogen and oxygen atoms in total. The van der Waals surface area contributed by atoms with Gasteiger partial charge in [0.25, 0.3) is 0 Å². The Morgan fingerprint density at radius 1 is 1.17 bits per heavy atom. The van der Waals surface area contributed by atoms with E-state index in [0.717, 1.165) is 49.6 Å². The summed E-state index contributed by atoms with van der Waals surface area (Å²) in [5.41, 5.74) is 1.40. The summed E-state index contributed by atoms with van der Waals surface area (Å²) in [6.45, 7) is 4.43. The second-order valence-corrected chi connectivity index (χ2v) is 9.50. The van der Waals surface area contributed by atoms with Gasteiger partial charge in [0.15, 0.2) is 15.7 Å². The normalized spacial score (nSPS) is 16.2. The number of aryl methyl sites for hydroxylation is 1. The lowest BCUT2D eigenvalue weighted by atomic mass is 9.93. The number of rotatable bonds is 5. The Kier molecular flexibility index (Phi) is 5.47. The zero-order valence-electron chi connectivity index (χ0n) is 16.6. The standard InChI is InChI=1S/C21H24N4O3S/c1-15-5-6-18(28-15)14-25-10-7-16(8-11-25)20-19(29(2,26)27)13-23-21(24-20)17-4-3-9-22-12-17/h3-6,9,12-13,16H,7-8,10-11,14H2,1-2H3. The first-order valence-electron chi connectivity index (χ1n) is 9.65. The van der Waals surface area contributed by atoms with Gasteiger partial charge in [-0.2, -0.15) is 0 Å². The van der Waals surface area contributed by atoms with E-state index in [-0.39, 0.29) is 10.8 Å². The molecule has 0 bridgehead atoms. The van der Waals surface area contributed by atoms with E-state index in [1.807, 2.05) is 31.2 Å². The minimum atomic E-state index is -3.41. The maximum absolute atomic E-state index is 12.3. The van der Waals surface area contributed by atoms with E-state index < -0.39 is 9.84 Å². The van der Waals surface area contributed by atoms with Gasteiger partial charge in [-0.3, -0.25) is 9.88 Å². The third kappa shape index (κ3) is 4.54. The summed E-state index contributed by atoms with van der Waals surface area (Å²) in [4.78, 5) is 15.6. The molecule has 1 fully saturated rings. The highest BCUT2D eigenvalue weighted by molar-refractivity contribution is 7.90. The van der Waals surface area contributed by atoms with Gasteiger partial charge < -0.3 is 4.42 Å². The van der Waals surface area contributed by atoms with Gasteiger partial charge in [-0.15, -0.1) is 0 Å². The Hall–Kier alpha value is -2.58. The molecule has 0 unspecified atom stereocenters. The number of aromatic nitrogens is 3. The van der Waals surface area contributed by atoms with Crippen LogP contribution in [0, 0.1) is 6.92 Å². The Bertz CT molecular complexity index is 1090. The molecule has 0 aliphatic carbocycles. The van der Waals surface area contributed by atoms with Crippen molar-refractivity contribution in [1.29, 1.82) is 0 Å². The molecule has 8 heteroatoms. The van der Waals surface area contributed by atoms with Crippen LogP contribution in [0.1, 0.15) is 36.0 Å². The molecule has 0 atom stereocenters. The highest BCUT2D eigenvalue weighted by Gasteiger charge is 2.28. The van der Waals surface area contributed by atoms with Crippen molar-refractivity contribution in [2.75, 3.05) is 19.3 Å². The van der Waals surface area contributed by atoms with Crippen LogP contribution in [0.4, 0.5) is 0 Å². The average Bonchev–Trinajstić information content (AvgIpc) is 3.13. The highest BCUT2D eigenvalue weighted by Crippen LogP contribution is 2.32. The van der Waals surface area contributed by atoms with Gasteiger partial charge in [0, 0.05) is 36.3 Å². The van der Waals surface area contributed by atoms with Gasteiger partial charge in [-0.05, 0) is 57.1 Å². The summed E-state index contributed by atoms with van der Waals surface area (Å²) in [6.07, 6.45) is 7.71. The molecule has 3 aromatic heterocycles. The highest BCUT2D eigenvalue weighted by atomic mass is 32.2. The molecule has 0 amide bonds. The monoisotopic (exact) mass is 412 g/mol. The first-order chi connectivity index (χ1) is 13.9. The average molecular weight is 413 g/mol. The number of hydrogen-bond donors (Lipinski definition) is 0.